The van der Waals surface area contributed by atoms with Crippen LogP contribution in [0.25, 0.3) is 0 Å². The first-order chi connectivity index (χ1) is 9.38. The van der Waals surface area contributed by atoms with Crippen LogP contribution in [0.15, 0.2) is 47.4 Å². The van der Waals surface area contributed by atoms with E-state index in [0.717, 1.165) is 16.7 Å². The Balaban J connectivity index is 2.17. The van der Waals surface area contributed by atoms with Crippen molar-refractivity contribution in [2.24, 2.45) is 0 Å². The normalized spacial score (nSPS) is 11.6. The molecule has 0 aromatic heterocycles. The van der Waals surface area contributed by atoms with Gasteiger partial charge in [-0.3, -0.25) is 0 Å². The standard InChI is InChI=1S/C15H16ClNO2S/c1-11-3-7-15(8-4-11)20(18,19)17-10-13-9-14(16)6-5-12(13)2/h3-9,17H,10H2,1-2H3. The summed E-state index contributed by atoms with van der Waals surface area (Å²) in [6, 6.07) is 12.2. The molecular formula is C15H16ClNO2S. The fourth-order valence-electron chi connectivity index (χ4n) is 1.80. The first-order valence-corrected chi connectivity index (χ1v) is 8.06. The van der Waals surface area contributed by atoms with Gasteiger partial charge in [0.25, 0.3) is 0 Å². The van der Waals surface area contributed by atoms with E-state index in [1.54, 1.807) is 36.4 Å². The maximum absolute atomic E-state index is 12.2. The molecule has 2 aromatic rings. The zero-order valence-electron chi connectivity index (χ0n) is 11.4. The Morgan fingerprint density at radius 3 is 2.35 bits per heavy atom. The van der Waals surface area contributed by atoms with Crippen molar-refractivity contribution in [1.82, 2.24) is 4.72 Å². The van der Waals surface area contributed by atoms with Gasteiger partial charge in [0.05, 0.1) is 4.90 Å². The molecule has 0 spiro atoms. The lowest BCUT2D eigenvalue weighted by Crippen LogP contribution is -2.23. The molecule has 0 amide bonds. The Morgan fingerprint density at radius 1 is 1.05 bits per heavy atom. The van der Waals surface area contributed by atoms with Gasteiger partial charge in [0.2, 0.25) is 10.0 Å². The van der Waals surface area contributed by atoms with E-state index in [4.69, 9.17) is 11.6 Å². The molecule has 106 valence electrons. The van der Waals surface area contributed by atoms with Crippen LogP contribution in [0.4, 0.5) is 0 Å². The molecule has 3 nitrogen and oxygen atoms in total. The van der Waals surface area contributed by atoms with Crippen LogP contribution in [0.5, 0.6) is 0 Å². The Bertz CT molecular complexity index is 709. The number of hydrogen-bond acceptors (Lipinski definition) is 2. The van der Waals surface area contributed by atoms with Crippen molar-refractivity contribution in [3.8, 4) is 0 Å². The SMILES string of the molecule is Cc1ccc(S(=O)(=O)NCc2cc(Cl)ccc2C)cc1. The molecule has 2 rings (SSSR count). The molecule has 0 atom stereocenters. The van der Waals surface area contributed by atoms with Gasteiger partial charge in [-0.25, -0.2) is 13.1 Å². The summed E-state index contributed by atoms with van der Waals surface area (Å²) in [7, 11) is -3.50. The quantitative estimate of drug-likeness (QED) is 0.940. The van der Waals surface area contributed by atoms with Gasteiger partial charge in [-0.1, -0.05) is 35.4 Å². The van der Waals surface area contributed by atoms with Crippen LogP contribution in [-0.4, -0.2) is 8.42 Å². The molecule has 0 saturated carbocycles. The molecule has 20 heavy (non-hydrogen) atoms. The van der Waals surface area contributed by atoms with Crippen molar-refractivity contribution >= 4 is 21.6 Å². The summed E-state index contributed by atoms with van der Waals surface area (Å²) in [6.07, 6.45) is 0. The van der Waals surface area contributed by atoms with Crippen molar-refractivity contribution in [2.75, 3.05) is 0 Å². The Morgan fingerprint density at radius 2 is 1.70 bits per heavy atom. The van der Waals surface area contributed by atoms with E-state index in [0.29, 0.717) is 5.02 Å². The lowest BCUT2D eigenvalue weighted by atomic mass is 10.1. The van der Waals surface area contributed by atoms with Crippen LogP contribution in [0, 0.1) is 13.8 Å². The molecule has 0 aliphatic heterocycles. The highest BCUT2D eigenvalue weighted by Crippen LogP contribution is 2.16. The molecule has 1 N–H and O–H groups in total. The topological polar surface area (TPSA) is 46.2 Å². The third kappa shape index (κ3) is 3.60. The minimum atomic E-state index is -3.50. The number of rotatable bonds is 4. The zero-order valence-corrected chi connectivity index (χ0v) is 12.9. The number of aryl methyl sites for hydroxylation is 2. The van der Waals surface area contributed by atoms with Crippen LogP contribution in [0.2, 0.25) is 5.02 Å². The lowest BCUT2D eigenvalue weighted by Gasteiger charge is -2.09. The summed E-state index contributed by atoms with van der Waals surface area (Å²) in [4.78, 5) is 0.266. The van der Waals surface area contributed by atoms with Crippen molar-refractivity contribution in [3.05, 3.63) is 64.2 Å². The van der Waals surface area contributed by atoms with Crippen LogP contribution >= 0.6 is 11.6 Å². The smallest absolute Gasteiger partial charge is 0.207 e. The highest BCUT2D eigenvalue weighted by atomic mass is 35.5. The average Bonchev–Trinajstić information content (AvgIpc) is 2.40. The van der Waals surface area contributed by atoms with Gasteiger partial charge in [-0.2, -0.15) is 0 Å². The summed E-state index contributed by atoms with van der Waals surface area (Å²) in [5.74, 6) is 0. The summed E-state index contributed by atoms with van der Waals surface area (Å²) in [5, 5.41) is 0.597. The van der Waals surface area contributed by atoms with Gasteiger partial charge in [0.15, 0.2) is 0 Å². The molecular weight excluding hydrogens is 294 g/mol. The maximum Gasteiger partial charge on any atom is 0.240 e. The highest BCUT2D eigenvalue weighted by molar-refractivity contribution is 7.89. The van der Waals surface area contributed by atoms with E-state index in [2.05, 4.69) is 4.72 Å². The predicted molar refractivity (Wildman–Crippen MR) is 81.4 cm³/mol. The maximum atomic E-state index is 12.2. The Hall–Kier alpha value is -1.36. The Kier molecular flexibility index (Phi) is 4.48. The van der Waals surface area contributed by atoms with Gasteiger partial charge in [0, 0.05) is 11.6 Å². The highest BCUT2D eigenvalue weighted by Gasteiger charge is 2.13. The molecule has 5 heteroatoms. The van der Waals surface area contributed by atoms with E-state index in [1.807, 2.05) is 19.9 Å². The third-order valence-corrected chi connectivity index (χ3v) is 4.75. The minimum absolute atomic E-state index is 0.225. The molecule has 2 aromatic carbocycles. The fraction of sp³-hybridized carbons (Fsp3) is 0.200. The average molecular weight is 310 g/mol. The van der Waals surface area contributed by atoms with Crippen molar-refractivity contribution < 1.29 is 8.42 Å². The fourth-order valence-corrected chi connectivity index (χ4v) is 3.01. The van der Waals surface area contributed by atoms with Crippen LogP contribution in [0.1, 0.15) is 16.7 Å². The van der Waals surface area contributed by atoms with E-state index >= 15 is 0 Å². The van der Waals surface area contributed by atoms with Gasteiger partial charge in [-0.15, -0.1) is 0 Å². The van der Waals surface area contributed by atoms with Crippen LogP contribution < -0.4 is 4.72 Å². The molecule has 0 fully saturated rings. The van der Waals surface area contributed by atoms with Crippen molar-refractivity contribution in [3.63, 3.8) is 0 Å². The third-order valence-electron chi connectivity index (χ3n) is 3.10. The van der Waals surface area contributed by atoms with Crippen LogP contribution in [-0.2, 0) is 16.6 Å². The first-order valence-electron chi connectivity index (χ1n) is 6.20. The number of halogens is 1. The molecule has 0 radical (unpaired) electrons. The number of sulfonamides is 1. The summed E-state index contributed by atoms with van der Waals surface area (Å²) in [5.41, 5.74) is 2.89. The predicted octanol–water partition coefficient (Wildman–Crippen LogP) is 3.44. The summed E-state index contributed by atoms with van der Waals surface area (Å²) < 4.78 is 26.9. The zero-order chi connectivity index (χ0) is 14.8. The molecule has 0 bridgehead atoms. The molecule has 0 heterocycles. The van der Waals surface area contributed by atoms with E-state index in [-0.39, 0.29) is 11.4 Å². The largest absolute Gasteiger partial charge is 0.240 e. The summed E-state index contributed by atoms with van der Waals surface area (Å²) >= 11 is 5.92. The number of hydrogen-bond donors (Lipinski definition) is 1. The van der Waals surface area contributed by atoms with E-state index in [9.17, 15) is 8.42 Å². The van der Waals surface area contributed by atoms with E-state index in [1.165, 1.54) is 0 Å². The molecule has 0 saturated heterocycles. The molecule has 0 aliphatic rings. The van der Waals surface area contributed by atoms with Crippen LogP contribution in [0.3, 0.4) is 0 Å². The lowest BCUT2D eigenvalue weighted by molar-refractivity contribution is 0.581. The van der Waals surface area contributed by atoms with Gasteiger partial charge >= 0.3 is 0 Å². The van der Waals surface area contributed by atoms with E-state index < -0.39 is 10.0 Å². The van der Waals surface area contributed by atoms with Crippen molar-refractivity contribution in [1.29, 1.82) is 0 Å². The molecule has 0 aliphatic carbocycles. The Labute approximate surface area is 124 Å². The second kappa shape index (κ2) is 5.95. The number of benzene rings is 2. The molecule has 0 unspecified atom stereocenters. The number of nitrogens with one attached hydrogen (secondary N) is 1. The minimum Gasteiger partial charge on any atom is -0.207 e. The summed E-state index contributed by atoms with van der Waals surface area (Å²) in [6.45, 7) is 4.06. The first kappa shape index (κ1) is 15.0. The van der Waals surface area contributed by atoms with Gasteiger partial charge in [0.1, 0.15) is 0 Å². The van der Waals surface area contributed by atoms with Gasteiger partial charge in [-0.05, 0) is 49.2 Å². The monoisotopic (exact) mass is 309 g/mol. The van der Waals surface area contributed by atoms with Gasteiger partial charge < -0.3 is 0 Å². The van der Waals surface area contributed by atoms with Crippen molar-refractivity contribution in [2.45, 2.75) is 25.3 Å². The second-order valence-corrected chi connectivity index (χ2v) is 6.91. The second-order valence-electron chi connectivity index (χ2n) is 4.71.